The first kappa shape index (κ1) is 28.0. The summed E-state index contributed by atoms with van der Waals surface area (Å²) in [4.78, 5) is 26.4. The Kier molecular flexibility index (Phi) is 12.0. The Morgan fingerprint density at radius 3 is 1.25 bits per heavy atom. The molecule has 0 radical (unpaired) electrons. The van der Waals surface area contributed by atoms with Crippen LogP contribution in [0.15, 0.2) is 36.4 Å². The van der Waals surface area contributed by atoms with E-state index < -0.39 is 0 Å². The van der Waals surface area contributed by atoms with E-state index in [0.29, 0.717) is 47.0 Å². The monoisotopic (exact) mass is 492 g/mol. The number of fused-ring (bicyclic) bond motifs is 2. The van der Waals surface area contributed by atoms with Gasteiger partial charge in [-0.05, 0) is 25.0 Å². The van der Waals surface area contributed by atoms with Gasteiger partial charge in [0.25, 0.3) is 0 Å². The summed E-state index contributed by atoms with van der Waals surface area (Å²) >= 11 is 0. The van der Waals surface area contributed by atoms with Crippen LogP contribution in [-0.2, 0) is 0 Å². The molecule has 0 atom stereocenters. The van der Waals surface area contributed by atoms with E-state index in [0.717, 1.165) is 25.7 Å². The maximum absolute atomic E-state index is 13.2. The van der Waals surface area contributed by atoms with Crippen LogP contribution >= 0.6 is 0 Å². The number of rotatable bonds is 18. The second-order valence-electron chi connectivity index (χ2n) is 9.99. The molecule has 0 bridgehead atoms. The average molecular weight is 493 g/mol. The fourth-order valence-electron chi connectivity index (χ4n) is 4.81. The van der Waals surface area contributed by atoms with Gasteiger partial charge in [0.1, 0.15) is 0 Å². The van der Waals surface area contributed by atoms with Gasteiger partial charge in [-0.2, -0.15) is 0 Å². The van der Waals surface area contributed by atoms with Gasteiger partial charge in [-0.3, -0.25) is 9.59 Å². The van der Waals surface area contributed by atoms with Crippen molar-refractivity contribution in [1.29, 1.82) is 0 Å². The van der Waals surface area contributed by atoms with Gasteiger partial charge in [0, 0.05) is 22.3 Å². The Morgan fingerprint density at radius 2 is 0.861 bits per heavy atom. The molecule has 1 aliphatic carbocycles. The van der Waals surface area contributed by atoms with E-state index in [1.165, 1.54) is 64.2 Å². The number of carbonyl (C=O) groups excluding carboxylic acids is 2. The van der Waals surface area contributed by atoms with Gasteiger partial charge in [0.2, 0.25) is 0 Å². The molecular formula is C32H44O4. The van der Waals surface area contributed by atoms with Crippen LogP contribution in [0.4, 0.5) is 0 Å². The summed E-state index contributed by atoms with van der Waals surface area (Å²) in [6.07, 6.45) is 16.9. The molecule has 0 N–H and O–H groups in total. The smallest absolute Gasteiger partial charge is 0.194 e. The zero-order chi connectivity index (χ0) is 25.6. The molecule has 4 heteroatoms. The molecule has 1 aliphatic rings. The number of hydrogen-bond donors (Lipinski definition) is 0. The normalized spacial score (nSPS) is 12.4. The minimum Gasteiger partial charge on any atom is -0.490 e. The predicted molar refractivity (Wildman–Crippen MR) is 147 cm³/mol. The zero-order valence-electron chi connectivity index (χ0n) is 22.4. The highest BCUT2D eigenvalue weighted by molar-refractivity contribution is 6.28. The molecule has 196 valence electrons. The topological polar surface area (TPSA) is 52.6 Å². The van der Waals surface area contributed by atoms with E-state index in [-0.39, 0.29) is 11.6 Å². The number of benzene rings is 2. The Balaban J connectivity index is 1.64. The van der Waals surface area contributed by atoms with Crippen LogP contribution in [0, 0.1) is 0 Å². The highest BCUT2D eigenvalue weighted by Crippen LogP contribution is 2.36. The number of unbranched alkanes of at least 4 members (excludes halogenated alkanes) is 12. The van der Waals surface area contributed by atoms with Crippen molar-refractivity contribution in [2.45, 2.75) is 104 Å². The third-order valence-corrected chi connectivity index (χ3v) is 7.00. The minimum absolute atomic E-state index is 0.125. The lowest BCUT2D eigenvalue weighted by atomic mass is 9.84. The first-order valence-electron chi connectivity index (χ1n) is 14.3. The third kappa shape index (κ3) is 7.94. The van der Waals surface area contributed by atoms with Gasteiger partial charge in [0.15, 0.2) is 23.1 Å². The summed E-state index contributed by atoms with van der Waals surface area (Å²) in [5, 5.41) is 0. The maximum atomic E-state index is 13.2. The van der Waals surface area contributed by atoms with Gasteiger partial charge < -0.3 is 9.47 Å². The summed E-state index contributed by atoms with van der Waals surface area (Å²) < 4.78 is 12.3. The summed E-state index contributed by atoms with van der Waals surface area (Å²) in [5.41, 5.74) is 1.75. The second kappa shape index (κ2) is 15.5. The van der Waals surface area contributed by atoms with Crippen molar-refractivity contribution in [1.82, 2.24) is 0 Å². The highest BCUT2D eigenvalue weighted by atomic mass is 16.5. The molecule has 0 unspecified atom stereocenters. The Bertz CT molecular complexity index is 900. The van der Waals surface area contributed by atoms with Gasteiger partial charge in [0.05, 0.1) is 13.2 Å². The molecule has 0 heterocycles. The Morgan fingerprint density at radius 1 is 0.500 bits per heavy atom. The lowest BCUT2D eigenvalue weighted by Crippen LogP contribution is -2.21. The van der Waals surface area contributed by atoms with Crippen molar-refractivity contribution in [3.63, 3.8) is 0 Å². The number of ether oxygens (including phenoxy) is 2. The summed E-state index contributed by atoms with van der Waals surface area (Å²) in [6.45, 7) is 5.63. The molecule has 0 aromatic heterocycles. The predicted octanol–water partition coefficient (Wildman–Crippen LogP) is 8.72. The lowest BCUT2D eigenvalue weighted by Gasteiger charge is -2.21. The summed E-state index contributed by atoms with van der Waals surface area (Å²) in [7, 11) is 0. The third-order valence-electron chi connectivity index (χ3n) is 7.00. The fourth-order valence-corrected chi connectivity index (χ4v) is 4.81. The highest BCUT2D eigenvalue weighted by Gasteiger charge is 2.31. The van der Waals surface area contributed by atoms with Crippen LogP contribution in [0.3, 0.4) is 0 Å². The number of hydrogen-bond acceptors (Lipinski definition) is 4. The van der Waals surface area contributed by atoms with Crippen LogP contribution in [0.2, 0.25) is 0 Å². The molecule has 0 fully saturated rings. The SMILES string of the molecule is CCCCCCCCCOc1cc2c(cc1OCCCCCCCCC)C(=O)c1ccccc1C2=O. The first-order valence-corrected chi connectivity index (χ1v) is 14.3. The molecule has 3 rings (SSSR count). The molecule has 0 spiro atoms. The fraction of sp³-hybridized carbons (Fsp3) is 0.562. The van der Waals surface area contributed by atoms with E-state index in [9.17, 15) is 9.59 Å². The maximum Gasteiger partial charge on any atom is 0.194 e. The van der Waals surface area contributed by atoms with Crippen LogP contribution in [0.25, 0.3) is 0 Å². The first-order chi connectivity index (χ1) is 17.7. The molecule has 0 saturated heterocycles. The van der Waals surface area contributed by atoms with Crippen LogP contribution in [-0.4, -0.2) is 24.8 Å². The standard InChI is InChI=1S/C32H44O4/c1-3-5-7-9-11-13-17-21-35-29-23-27-28(32(34)26-20-16-15-19-25(26)31(27)33)24-30(29)36-22-18-14-12-10-8-6-4-2/h15-16,19-20,23-24H,3-14,17-18,21-22H2,1-2H3. The molecular weight excluding hydrogens is 448 g/mol. The van der Waals surface area contributed by atoms with Crippen molar-refractivity contribution in [3.05, 3.63) is 58.7 Å². The largest absolute Gasteiger partial charge is 0.490 e. The van der Waals surface area contributed by atoms with E-state index in [1.807, 2.05) is 0 Å². The van der Waals surface area contributed by atoms with Crippen molar-refractivity contribution in [2.24, 2.45) is 0 Å². The Labute approximate surface area is 217 Å². The van der Waals surface area contributed by atoms with E-state index in [1.54, 1.807) is 36.4 Å². The molecule has 2 aromatic rings. The summed E-state index contributed by atoms with van der Waals surface area (Å²) in [6, 6.07) is 10.5. The summed E-state index contributed by atoms with van der Waals surface area (Å²) in [5.74, 6) is 0.894. The molecule has 0 aliphatic heterocycles. The quantitative estimate of drug-likeness (QED) is 0.167. The van der Waals surface area contributed by atoms with Crippen LogP contribution in [0.1, 0.15) is 136 Å². The zero-order valence-corrected chi connectivity index (χ0v) is 22.4. The lowest BCUT2D eigenvalue weighted by molar-refractivity contribution is 0.0978. The number of ketones is 2. The minimum atomic E-state index is -0.125. The average Bonchev–Trinajstić information content (AvgIpc) is 2.90. The molecule has 4 nitrogen and oxygen atoms in total. The van der Waals surface area contributed by atoms with Gasteiger partial charge in [-0.15, -0.1) is 0 Å². The Hall–Kier alpha value is -2.62. The van der Waals surface area contributed by atoms with Gasteiger partial charge in [-0.25, -0.2) is 0 Å². The van der Waals surface area contributed by atoms with Crippen molar-refractivity contribution in [2.75, 3.05) is 13.2 Å². The number of carbonyl (C=O) groups is 2. The van der Waals surface area contributed by atoms with Crippen LogP contribution in [0.5, 0.6) is 11.5 Å². The second-order valence-corrected chi connectivity index (χ2v) is 9.99. The van der Waals surface area contributed by atoms with E-state index >= 15 is 0 Å². The van der Waals surface area contributed by atoms with E-state index in [4.69, 9.17) is 9.47 Å². The van der Waals surface area contributed by atoms with Crippen molar-refractivity contribution < 1.29 is 19.1 Å². The van der Waals surface area contributed by atoms with E-state index in [2.05, 4.69) is 13.8 Å². The van der Waals surface area contributed by atoms with Gasteiger partial charge >= 0.3 is 0 Å². The van der Waals surface area contributed by atoms with Crippen LogP contribution < -0.4 is 9.47 Å². The van der Waals surface area contributed by atoms with Crippen molar-refractivity contribution >= 4 is 11.6 Å². The van der Waals surface area contributed by atoms with Crippen molar-refractivity contribution in [3.8, 4) is 11.5 Å². The van der Waals surface area contributed by atoms with Gasteiger partial charge in [-0.1, -0.05) is 115 Å². The molecule has 2 aromatic carbocycles. The molecule has 36 heavy (non-hydrogen) atoms. The molecule has 0 amide bonds. The molecule has 0 saturated carbocycles.